The first-order chi connectivity index (χ1) is 7.70. The molecule has 0 aliphatic carbocycles. The molecule has 0 aromatic rings. The van der Waals surface area contributed by atoms with E-state index < -0.39 is 5.97 Å². The minimum Gasteiger partial charge on any atom is -0.481 e. The van der Waals surface area contributed by atoms with Gasteiger partial charge in [-0.05, 0) is 17.8 Å². The van der Waals surface area contributed by atoms with E-state index >= 15 is 0 Å². The molecule has 0 aliphatic heterocycles. The molecule has 2 amide bonds. The first-order valence-electron chi connectivity index (χ1n) is 5.94. The van der Waals surface area contributed by atoms with Crippen molar-refractivity contribution in [1.29, 1.82) is 0 Å². The predicted octanol–water partition coefficient (Wildman–Crippen LogP) is 1.83. The summed E-state index contributed by atoms with van der Waals surface area (Å²) in [6.07, 6.45) is 0.724. The Balaban J connectivity index is 3.66. The SMILES string of the molecule is CC(CCC(=O)O)CNC(=O)NCC(C)(C)C. The molecule has 0 saturated heterocycles. The van der Waals surface area contributed by atoms with E-state index in [1.54, 1.807) is 0 Å². The van der Waals surface area contributed by atoms with Gasteiger partial charge in [-0.3, -0.25) is 4.79 Å². The van der Waals surface area contributed by atoms with E-state index in [1.165, 1.54) is 0 Å². The van der Waals surface area contributed by atoms with Crippen LogP contribution in [0.1, 0.15) is 40.5 Å². The van der Waals surface area contributed by atoms with Gasteiger partial charge in [0.1, 0.15) is 0 Å². The number of carboxylic acids is 1. The molecular formula is C12H24N2O3. The largest absolute Gasteiger partial charge is 0.481 e. The summed E-state index contributed by atoms with van der Waals surface area (Å²) < 4.78 is 0. The summed E-state index contributed by atoms with van der Waals surface area (Å²) in [4.78, 5) is 21.7. The number of aliphatic carboxylic acids is 1. The average molecular weight is 244 g/mol. The van der Waals surface area contributed by atoms with Gasteiger partial charge >= 0.3 is 12.0 Å². The van der Waals surface area contributed by atoms with Crippen molar-refractivity contribution in [3.05, 3.63) is 0 Å². The van der Waals surface area contributed by atoms with Gasteiger partial charge < -0.3 is 15.7 Å². The summed E-state index contributed by atoms with van der Waals surface area (Å²) >= 11 is 0. The van der Waals surface area contributed by atoms with Gasteiger partial charge in [0.2, 0.25) is 0 Å². The van der Waals surface area contributed by atoms with E-state index in [0.717, 1.165) is 0 Å². The zero-order chi connectivity index (χ0) is 13.5. The zero-order valence-electron chi connectivity index (χ0n) is 11.2. The fraction of sp³-hybridized carbons (Fsp3) is 0.833. The standard InChI is InChI=1S/C12H24N2O3/c1-9(5-6-10(15)16)7-13-11(17)14-8-12(2,3)4/h9H,5-8H2,1-4H3,(H,15,16)(H2,13,14,17). The fourth-order valence-corrected chi connectivity index (χ4v) is 1.15. The first-order valence-corrected chi connectivity index (χ1v) is 5.94. The molecule has 0 bridgehead atoms. The lowest BCUT2D eigenvalue weighted by atomic mass is 9.97. The highest BCUT2D eigenvalue weighted by molar-refractivity contribution is 5.73. The number of rotatable bonds is 6. The van der Waals surface area contributed by atoms with Crippen LogP contribution in [-0.4, -0.2) is 30.2 Å². The highest BCUT2D eigenvalue weighted by atomic mass is 16.4. The fourth-order valence-electron chi connectivity index (χ4n) is 1.15. The number of urea groups is 1. The molecule has 0 aliphatic rings. The molecule has 5 heteroatoms. The van der Waals surface area contributed by atoms with E-state index in [2.05, 4.69) is 10.6 Å². The summed E-state index contributed by atoms with van der Waals surface area (Å²) in [5, 5.41) is 14.0. The number of carbonyl (C=O) groups is 2. The molecular weight excluding hydrogens is 220 g/mol. The van der Waals surface area contributed by atoms with Crippen LogP contribution in [0.3, 0.4) is 0 Å². The van der Waals surface area contributed by atoms with E-state index in [1.807, 2.05) is 27.7 Å². The van der Waals surface area contributed by atoms with Crippen molar-refractivity contribution in [2.75, 3.05) is 13.1 Å². The summed E-state index contributed by atoms with van der Waals surface area (Å²) in [7, 11) is 0. The van der Waals surface area contributed by atoms with Crippen LogP contribution in [0, 0.1) is 11.3 Å². The van der Waals surface area contributed by atoms with Crippen LogP contribution in [0.15, 0.2) is 0 Å². The Bertz CT molecular complexity index is 259. The number of hydrogen-bond acceptors (Lipinski definition) is 2. The number of carboxylic acid groups (broad SMARTS) is 1. The van der Waals surface area contributed by atoms with Crippen molar-refractivity contribution in [2.45, 2.75) is 40.5 Å². The minimum absolute atomic E-state index is 0.0618. The normalized spacial score (nSPS) is 12.9. The average Bonchev–Trinajstić information content (AvgIpc) is 2.19. The van der Waals surface area contributed by atoms with Crippen LogP contribution in [0.25, 0.3) is 0 Å². The molecule has 0 aromatic carbocycles. The second kappa shape index (κ2) is 7.14. The minimum atomic E-state index is -0.797. The van der Waals surface area contributed by atoms with Gasteiger partial charge in [0.15, 0.2) is 0 Å². The second-order valence-corrected chi connectivity index (χ2v) is 5.66. The number of amides is 2. The van der Waals surface area contributed by atoms with Gasteiger partial charge in [0.05, 0.1) is 0 Å². The molecule has 1 unspecified atom stereocenters. The second-order valence-electron chi connectivity index (χ2n) is 5.66. The van der Waals surface area contributed by atoms with Crippen molar-refractivity contribution in [3.8, 4) is 0 Å². The Kier molecular flexibility index (Phi) is 6.61. The summed E-state index contributed by atoms with van der Waals surface area (Å²) in [5.74, 6) is -0.625. The topological polar surface area (TPSA) is 78.4 Å². The molecule has 0 radical (unpaired) electrons. The van der Waals surface area contributed by atoms with Crippen molar-refractivity contribution in [3.63, 3.8) is 0 Å². The molecule has 1 atom stereocenters. The Labute approximate surface area is 103 Å². The molecule has 5 nitrogen and oxygen atoms in total. The van der Waals surface area contributed by atoms with Gasteiger partial charge in [0.25, 0.3) is 0 Å². The number of hydrogen-bond donors (Lipinski definition) is 3. The lowest BCUT2D eigenvalue weighted by Gasteiger charge is -2.19. The molecule has 0 heterocycles. The molecule has 0 saturated carbocycles. The Morgan fingerprint density at radius 1 is 1.24 bits per heavy atom. The monoisotopic (exact) mass is 244 g/mol. The maximum atomic E-state index is 11.4. The third-order valence-electron chi connectivity index (χ3n) is 2.24. The highest BCUT2D eigenvalue weighted by Crippen LogP contribution is 2.10. The van der Waals surface area contributed by atoms with Crippen LogP contribution >= 0.6 is 0 Å². The Morgan fingerprint density at radius 2 is 1.82 bits per heavy atom. The molecule has 100 valence electrons. The van der Waals surface area contributed by atoms with E-state index in [4.69, 9.17) is 5.11 Å². The van der Waals surface area contributed by atoms with Crippen molar-refractivity contribution < 1.29 is 14.7 Å². The van der Waals surface area contributed by atoms with Crippen LogP contribution in [0.4, 0.5) is 4.79 Å². The smallest absolute Gasteiger partial charge is 0.314 e. The van der Waals surface area contributed by atoms with Crippen LogP contribution in [-0.2, 0) is 4.79 Å². The summed E-state index contributed by atoms with van der Waals surface area (Å²) in [6, 6.07) is -0.192. The molecule has 0 rings (SSSR count). The zero-order valence-corrected chi connectivity index (χ0v) is 11.2. The maximum absolute atomic E-state index is 11.4. The number of nitrogens with one attached hydrogen (secondary N) is 2. The Morgan fingerprint density at radius 3 is 2.29 bits per heavy atom. The van der Waals surface area contributed by atoms with E-state index in [9.17, 15) is 9.59 Å². The molecule has 0 fully saturated rings. The summed E-state index contributed by atoms with van der Waals surface area (Å²) in [5.41, 5.74) is 0.0618. The first kappa shape index (κ1) is 15.7. The van der Waals surface area contributed by atoms with Gasteiger partial charge in [-0.15, -0.1) is 0 Å². The van der Waals surface area contributed by atoms with Crippen molar-refractivity contribution in [2.24, 2.45) is 11.3 Å². The van der Waals surface area contributed by atoms with Gasteiger partial charge in [-0.1, -0.05) is 27.7 Å². The van der Waals surface area contributed by atoms with Crippen molar-refractivity contribution >= 4 is 12.0 Å². The summed E-state index contributed by atoms with van der Waals surface area (Å²) in [6.45, 7) is 9.17. The maximum Gasteiger partial charge on any atom is 0.314 e. The van der Waals surface area contributed by atoms with Gasteiger partial charge in [-0.25, -0.2) is 4.79 Å². The quantitative estimate of drug-likeness (QED) is 0.667. The molecule has 3 N–H and O–H groups in total. The number of carbonyl (C=O) groups excluding carboxylic acids is 1. The lowest BCUT2D eigenvalue weighted by Crippen LogP contribution is -2.41. The van der Waals surface area contributed by atoms with Crippen LogP contribution in [0.2, 0.25) is 0 Å². The van der Waals surface area contributed by atoms with Gasteiger partial charge in [-0.2, -0.15) is 0 Å². The van der Waals surface area contributed by atoms with E-state index in [-0.39, 0.29) is 23.8 Å². The third kappa shape index (κ3) is 11.0. The highest BCUT2D eigenvalue weighted by Gasteiger charge is 2.12. The predicted molar refractivity (Wildman–Crippen MR) is 66.9 cm³/mol. The van der Waals surface area contributed by atoms with E-state index in [0.29, 0.717) is 19.5 Å². The Hall–Kier alpha value is -1.26. The molecule has 0 spiro atoms. The third-order valence-corrected chi connectivity index (χ3v) is 2.24. The van der Waals surface area contributed by atoms with Crippen LogP contribution < -0.4 is 10.6 Å². The molecule has 17 heavy (non-hydrogen) atoms. The van der Waals surface area contributed by atoms with Gasteiger partial charge in [0, 0.05) is 19.5 Å². The van der Waals surface area contributed by atoms with Crippen molar-refractivity contribution in [1.82, 2.24) is 10.6 Å². The van der Waals surface area contributed by atoms with Crippen LogP contribution in [0.5, 0.6) is 0 Å². The lowest BCUT2D eigenvalue weighted by molar-refractivity contribution is -0.137. The molecule has 0 aromatic heterocycles.